The number of rotatable bonds is 7. The zero-order valence-electron chi connectivity index (χ0n) is 14.4. The Kier molecular flexibility index (Phi) is 5.92. The van der Waals surface area contributed by atoms with Gasteiger partial charge in [0.1, 0.15) is 0 Å². The lowest BCUT2D eigenvalue weighted by Crippen LogP contribution is -2.62. The lowest BCUT2D eigenvalue weighted by atomic mass is 9.89. The summed E-state index contributed by atoms with van der Waals surface area (Å²) in [5.41, 5.74) is 0. The average Bonchev–Trinajstić information content (AvgIpc) is 3.27. The molecular formula is C18H36N2. The van der Waals surface area contributed by atoms with Crippen molar-refractivity contribution in [2.24, 2.45) is 17.8 Å². The number of piperazine rings is 1. The molecule has 1 aliphatic heterocycles. The van der Waals surface area contributed by atoms with Gasteiger partial charge in [-0.2, -0.15) is 0 Å². The molecule has 1 N–H and O–H groups in total. The third kappa shape index (κ3) is 3.98. The highest BCUT2D eigenvalue weighted by Gasteiger charge is 2.37. The van der Waals surface area contributed by atoms with Crippen molar-refractivity contribution in [3.63, 3.8) is 0 Å². The summed E-state index contributed by atoms with van der Waals surface area (Å²) in [4.78, 5) is 2.89. The second kappa shape index (κ2) is 7.26. The van der Waals surface area contributed by atoms with Crippen molar-refractivity contribution in [2.45, 2.75) is 84.8 Å². The molecule has 1 heterocycles. The summed E-state index contributed by atoms with van der Waals surface area (Å²) >= 11 is 0. The van der Waals surface area contributed by atoms with Gasteiger partial charge in [0.25, 0.3) is 0 Å². The normalized spacial score (nSPS) is 31.5. The standard InChI is InChI=1S/C18H36N2/c1-6-14(5)17-12-20(18(11-19-17)13(3)4)16(7-2)10-15-8-9-15/h13-19H,6-12H2,1-5H3. The molecule has 2 nitrogen and oxygen atoms in total. The third-order valence-corrected chi connectivity index (χ3v) is 5.77. The molecule has 1 saturated carbocycles. The molecule has 2 rings (SSSR count). The van der Waals surface area contributed by atoms with Gasteiger partial charge in [0.15, 0.2) is 0 Å². The van der Waals surface area contributed by atoms with Crippen LogP contribution >= 0.6 is 0 Å². The van der Waals surface area contributed by atoms with Gasteiger partial charge in [-0.05, 0) is 30.6 Å². The maximum absolute atomic E-state index is 3.84. The summed E-state index contributed by atoms with van der Waals surface area (Å²) < 4.78 is 0. The van der Waals surface area contributed by atoms with Gasteiger partial charge in [-0.25, -0.2) is 0 Å². The van der Waals surface area contributed by atoms with Crippen molar-refractivity contribution in [1.82, 2.24) is 10.2 Å². The van der Waals surface area contributed by atoms with E-state index in [0.29, 0.717) is 6.04 Å². The van der Waals surface area contributed by atoms with Crippen molar-refractivity contribution in [3.8, 4) is 0 Å². The molecule has 0 aromatic heterocycles. The molecule has 0 amide bonds. The van der Waals surface area contributed by atoms with Gasteiger partial charge in [0, 0.05) is 31.2 Å². The van der Waals surface area contributed by atoms with Crippen LogP contribution in [0.5, 0.6) is 0 Å². The number of nitrogens with zero attached hydrogens (tertiary/aromatic N) is 1. The highest BCUT2D eigenvalue weighted by atomic mass is 15.3. The highest BCUT2D eigenvalue weighted by Crippen LogP contribution is 2.37. The van der Waals surface area contributed by atoms with Crippen molar-refractivity contribution < 1.29 is 0 Å². The largest absolute Gasteiger partial charge is 0.311 e. The summed E-state index contributed by atoms with van der Waals surface area (Å²) in [7, 11) is 0. The summed E-state index contributed by atoms with van der Waals surface area (Å²) in [6.45, 7) is 14.4. The van der Waals surface area contributed by atoms with Crippen molar-refractivity contribution in [2.75, 3.05) is 13.1 Å². The summed E-state index contributed by atoms with van der Waals surface area (Å²) in [5, 5.41) is 3.84. The van der Waals surface area contributed by atoms with E-state index in [0.717, 1.165) is 29.8 Å². The fraction of sp³-hybridized carbons (Fsp3) is 1.00. The lowest BCUT2D eigenvalue weighted by molar-refractivity contribution is 0.0359. The zero-order valence-corrected chi connectivity index (χ0v) is 14.4. The predicted octanol–water partition coefficient (Wildman–Crippen LogP) is 3.91. The van der Waals surface area contributed by atoms with Crippen LogP contribution in [-0.2, 0) is 0 Å². The second-order valence-corrected chi connectivity index (χ2v) is 7.65. The van der Waals surface area contributed by atoms with E-state index >= 15 is 0 Å². The smallest absolute Gasteiger partial charge is 0.0247 e. The fourth-order valence-electron chi connectivity index (χ4n) is 3.80. The fourth-order valence-corrected chi connectivity index (χ4v) is 3.80. The number of nitrogens with one attached hydrogen (secondary N) is 1. The van der Waals surface area contributed by atoms with Crippen LogP contribution in [0.25, 0.3) is 0 Å². The molecule has 4 unspecified atom stereocenters. The van der Waals surface area contributed by atoms with Crippen LogP contribution in [-0.4, -0.2) is 36.1 Å². The SMILES string of the molecule is CCC(C)C1CN(C(CC)CC2CC2)C(C(C)C)CN1. The van der Waals surface area contributed by atoms with Crippen LogP contribution in [0.2, 0.25) is 0 Å². The molecule has 1 saturated heterocycles. The highest BCUT2D eigenvalue weighted by molar-refractivity contribution is 4.94. The van der Waals surface area contributed by atoms with Crippen molar-refractivity contribution in [1.29, 1.82) is 0 Å². The van der Waals surface area contributed by atoms with Gasteiger partial charge >= 0.3 is 0 Å². The quantitative estimate of drug-likeness (QED) is 0.760. The first-order valence-corrected chi connectivity index (χ1v) is 9.05. The minimum absolute atomic E-state index is 0.697. The van der Waals surface area contributed by atoms with E-state index < -0.39 is 0 Å². The molecule has 118 valence electrons. The third-order valence-electron chi connectivity index (χ3n) is 5.77. The van der Waals surface area contributed by atoms with E-state index in [4.69, 9.17) is 0 Å². The predicted molar refractivity (Wildman–Crippen MR) is 88.0 cm³/mol. The van der Waals surface area contributed by atoms with Gasteiger partial charge < -0.3 is 5.32 Å². The van der Waals surface area contributed by atoms with Crippen LogP contribution < -0.4 is 5.32 Å². The molecule has 0 bridgehead atoms. The topological polar surface area (TPSA) is 15.3 Å². The Labute approximate surface area is 126 Å². The molecule has 0 radical (unpaired) electrons. The van der Waals surface area contributed by atoms with Gasteiger partial charge in [0.05, 0.1) is 0 Å². The molecule has 4 atom stereocenters. The van der Waals surface area contributed by atoms with E-state index in [2.05, 4.69) is 44.8 Å². The number of hydrogen-bond acceptors (Lipinski definition) is 2. The Balaban J connectivity index is 2.04. The molecule has 0 aromatic carbocycles. The minimum atomic E-state index is 0.697. The van der Waals surface area contributed by atoms with Crippen LogP contribution in [0.4, 0.5) is 0 Å². The maximum Gasteiger partial charge on any atom is 0.0247 e. The Hall–Kier alpha value is -0.0800. The molecule has 2 aliphatic rings. The van der Waals surface area contributed by atoms with Gasteiger partial charge in [-0.15, -0.1) is 0 Å². The Morgan fingerprint density at radius 3 is 2.30 bits per heavy atom. The van der Waals surface area contributed by atoms with Crippen LogP contribution in [0.1, 0.15) is 66.7 Å². The van der Waals surface area contributed by atoms with E-state index in [1.165, 1.54) is 45.2 Å². The second-order valence-electron chi connectivity index (χ2n) is 7.65. The van der Waals surface area contributed by atoms with E-state index in [9.17, 15) is 0 Å². The van der Waals surface area contributed by atoms with Crippen LogP contribution in [0.3, 0.4) is 0 Å². The first kappa shape index (κ1) is 16.3. The van der Waals surface area contributed by atoms with Crippen LogP contribution in [0.15, 0.2) is 0 Å². The lowest BCUT2D eigenvalue weighted by Gasteiger charge is -2.48. The average molecular weight is 280 g/mol. The molecule has 1 aliphatic carbocycles. The van der Waals surface area contributed by atoms with E-state index in [-0.39, 0.29) is 0 Å². The first-order valence-electron chi connectivity index (χ1n) is 9.05. The van der Waals surface area contributed by atoms with E-state index in [1.807, 2.05) is 0 Å². The summed E-state index contributed by atoms with van der Waals surface area (Å²) in [5.74, 6) is 2.60. The minimum Gasteiger partial charge on any atom is -0.311 e. The molecule has 0 spiro atoms. The van der Waals surface area contributed by atoms with Crippen molar-refractivity contribution in [3.05, 3.63) is 0 Å². The van der Waals surface area contributed by atoms with E-state index in [1.54, 1.807) is 0 Å². The monoisotopic (exact) mass is 280 g/mol. The van der Waals surface area contributed by atoms with Crippen molar-refractivity contribution >= 4 is 0 Å². The van der Waals surface area contributed by atoms with Gasteiger partial charge in [0.2, 0.25) is 0 Å². The molecule has 20 heavy (non-hydrogen) atoms. The summed E-state index contributed by atoms with van der Waals surface area (Å²) in [6, 6.07) is 2.26. The molecule has 2 heteroatoms. The van der Waals surface area contributed by atoms with Gasteiger partial charge in [-0.3, -0.25) is 4.90 Å². The maximum atomic E-state index is 3.84. The Morgan fingerprint density at radius 1 is 1.10 bits per heavy atom. The first-order chi connectivity index (χ1) is 9.56. The number of hydrogen-bond donors (Lipinski definition) is 1. The van der Waals surface area contributed by atoms with Gasteiger partial charge in [-0.1, -0.05) is 53.9 Å². The summed E-state index contributed by atoms with van der Waals surface area (Å²) in [6.07, 6.45) is 7.05. The molecule has 0 aromatic rings. The Bertz CT molecular complexity index is 285. The van der Waals surface area contributed by atoms with Crippen LogP contribution in [0, 0.1) is 17.8 Å². The molecule has 2 fully saturated rings. The zero-order chi connectivity index (χ0) is 14.7. The molecular weight excluding hydrogens is 244 g/mol. The Morgan fingerprint density at radius 2 is 1.80 bits per heavy atom.